The van der Waals surface area contributed by atoms with Gasteiger partial charge in [0.15, 0.2) is 0 Å². The largest absolute Gasteiger partial charge is 0.325 e. The predicted octanol–water partition coefficient (Wildman–Crippen LogP) is 2.57. The minimum Gasteiger partial charge on any atom is -0.325 e. The van der Waals surface area contributed by atoms with Crippen LogP contribution in [0.4, 0.5) is 0 Å². The SMILES string of the molecule is NCc1cn2nc(-c3ccc(Cl)cc3)sc2n1. The highest BCUT2D eigenvalue weighted by molar-refractivity contribution is 7.19. The number of benzene rings is 1. The summed E-state index contributed by atoms with van der Waals surface area (Å²) in [7, 11) is 0. The zero-order valence-electron chi connectivity index (χ0n) is 8.80. The van der Waals surface area contributed by atoms with Crippen LogP contribution in [0.15, 0.2) is 30.5 Å². The quantitative estimate of drug-likeness (QED) is 0.774. The fourth-order valence-electron chi connectivity index (χ4n) is 1.55. The maximum absolute atomic E-state index is 5.85. The number of nitrogens with zero attached hydrogens (tertiary/aromatic N) is 3. The molecule has 0 fully saturated rings. The number of hydrogen-bond donors (Lipinski definition) is 1. The lowest BCUT2D eigenvalue weighted by molar-refractivity contribution is 0.959. The van der Waals surface area contributed by atoms with Crippen LogP contribution < -0.4 is 5.73 Å². The molecule has 1 aromatic carbocycles. The molecule has 2 aromatic heterocycles. The fraction of sp³-hybridized carbons (Fsp3) is 0.0909. The van der Waals surface area contributed by atoms with Crippen LogP contribution in [0.2, 0.25) is 5.02 Å². The molecule has 0 bridgehead atoms. The van der Waals surface area contributed by atoms with Gasteiger partial charge in [0.05, 0.1) is 11.9 Å². The summed E-state index contributed by atoms with van der Waals surface area (Å²) in [5, 5.41) is 6.10. The summed E-state index contributed by atoms with van der Waals surface area (Å²) in [5.74, 6) is 0. The number of nitrogens with two attached hydrogens (primary N) is 1. The second-order valence-electron chi connectivity index (χ2n) is 3.58. The van der Waals surface area contributed by atoms with Crippen LogP contribution in [0.5, 0.6) is 0 Å². The summed E-state index contributed by atoms with van der Waals surface area (Å²) in [6.07, 6.45) is 1.85. The number of rotatable bonds is 2. The van der Waals surface area contributed by atoms with Crippen molar-refractivity contribution in [3.8, 4) is 10.6 Å². The number of fused-ring (bicyclic) bond motifs is 1. The molecule has 0 radical (unpaired) electrons. The van der Waals surface area contributed by atoms with Crippen molar-refractivity contribution in [3.05, 3.63) is 41.2 Å². The molecular weight excluding hydrogens is 256 g/mol. The van der Waals surface area contributed by atoms with Gasteiger partial charge in [0, 0.05) is 17.1 Å². The average molecular weight is 265 g/mol. The van der Waals surface area contributed by atoms with Gasteiger partial charge in [-0.2, -0.15) is 5.10 Å². The van der Waals surface area contributed by atoms with Crippen molar-refractivity contribution in [3.63, 3.8) is 0 Å². The third kappa shape index (κ3) is 1.93. The fourth-order valence-corrected chi connectivity index (χ4v) is 2.58. The van der Waals surface area contributed by atoms with Gasteiger partial charge in [-0.25, -0.2) is 9.50 Å². The molecule has 4 nitrogen and oxygen atoms in total. The molecule has 0 aliphatic heterocycles. The molecule has 3 rings (SSSR count). The van der Waals surface area contributed by atoms with Crippen molar-refractivity contribution in [1.82, 2.24) is 14.6 Å². The van der Waals surface area contributed by atoms with Crippen molar-refractivity contribution in [2.45, 2.75) is 6.54 Å². The molecular formula is C11H9ClN4S. The van der Waals surface area contributed by atoms with Crippen molar-refractivity contribution >= 4 is 27.9 Å². The Morgan fingerprint density at radius 2 is 2.06 bits per heavy atom. The van der Waals surface area contributed by atoms with Crippen molar-refractivity contribution in [1.29, 1.82) is 0 Å². The predicted molar refractivity (Wildman–Crippen MR) is 69.2 cm³/mol. The Labute approximate surface area is 107 Å². The molecule has 2 heterocycles. The Balaban J connectivity index is 2.06. The first-order valence-corrected chi connectivity index (χ1v) is 6.27. The molecule has 0 aliphatic carbocycles. The first kappa shape index (κ1) is 10.7. The molecule has 0 spiro atoms. The van der Waals surface area contributed by atoms with E-state index in [9.17, 15) is 0 Å². The molecule has 3 aromatic rings. The van der Waals surface area contributed by atoms with Gasteiger partial charge in [-0.05, 0) is 12.1 Å². The van der Waals surface area contributed by atoms with Crippen LogP contribution in [-0.4, -0.2) is 14.6 Å². The Bertz CT molecular complexity index is 624. The average Bonchev–Trinajstić information content (AvgIpc) is 2.87. The molecule has 17 heavy (non-hydrogen) atoms. The summed E-state index contributed by atoms with van der Waals surface area (Å²) >= 11 is 7.38. The summed E-state index contributed by atoms with van der Waals surface area (Å²) in [5.41, 5.74) is 7.42. The smallest absolute Gasteiger partial charge is 0.212 e. The van der Waals surface area contributed by atoms with Crippen LogP contribution in [0.1, 0.15) is 5.69 Å². The van der Waals surface area contributed by atoms with Crippen LogP contribution in [0.3, 0.4) is 0 Å². The third-order valence-corrected chi connectivity index (χ3v) is 3.62. The van der Waals surface area contributed by atoms with Gasteiger partial charge in [-0.1, -0.05) is 35.1 Å². The van der Waals surface area contributed by atoms with Crippen molar-refractivity contribution in [2.75, 3.05) is 0 Å². The molecule has 0 aliphatic rings. The Kier molecular flexibility index (Phi) is 2.58. The van der Waals surface area contributed by atoms with E-state index in [0.29, 0.717) is 6.54 Å². The summed E-state index contributed by atoms with van der Waals surface area (Å²) < 4.78 is 1.76. The van der Waals surface area contributed by atoms with Crippen molar-refractivity contribution < 1.29 is 0 Å². The van der Waals surface area contributed by atoms with Gasteiger partial charge < -0.3 is 5.73 Å². The zero-order valence-corrected chi connectivity index (χ0v) is 10.4. The standard InChI is InChI=1S/C11H9ClN4S/c12-8-3-1-7(2-4-8)10-15-16-6-9(5-13)14-11(16)17-10/h1-4,6H,5,13H2. The summed E-state index contributed by atoms with van der Waals surface area (Å²) in [6, 6.07) is 7.60. The lowest BCUT2D eigenvalue weighted by Gasteiger charge is -1.94. The van der Waals surface area contributed by atoms with Gasteiger partial charge >= 0.3 is 0 Å². The van der Waals surface area contributed by atoms with E-state index in [1.54, 1.807) is 4.52 Å². The normalized spacial score (nSPS) is 11.2. The maximum Gasteiger partial charge on any atom is 0.212 e. The second-order valence-corrected chi connectivity index (χ2v) is 4.97. The van der Waals surface area contributed by atoms with Gasteiger partial charge in [0.1, 0.15) is 5.01 Å². The zero-order chi connectivity index (χ0) is 11.8. The van der Waals surface area contributed by atoms with Gasteiger partial charge in [0.2, 0.25) is 4.96 Å². The molecule has 0 amide bonds. The highest BCUT2D eigenvalue weighted by Crippen LogP contribution is 2.26. The lowest BCUT2D eigenvalue weighted by atomic mass is 10.2. The lowest BCUT2D eigenvalue weighted by Crippen LogP contribution is -1.95. The van der Waals surface area contributed by atoms with Crippen LogP contribution in [0, 0.1) is 0 Å². The number of hydrogen-bond acceptors (Lipinski definition) is 4. The third-order valence-electron chi connectivity index (χ3n) is 2.39. The molecule has 6 heteroatoms. The monoisotopic (exact) mass is 264 g/mol. The van der Waals surface area contributed by atoms with Crippen molar-refractivity contribution in [2.24, 2.45) is 5.73 Å². The van der Waals surface area contributed by atoms with Gasteiger partial charge in [-0.15, -0.1) is 0 Å². The summed E-state index contributed by atoms with van der Waals surface area (Å²) in [4.78, 5) is 5.22. The van der Waals surface area contributed by atoms with Crippen LogP contribution >= 0.6 is 22.9 Å². The number of imidazole rings is 1. The number of halogens is 1. The first-order valence-electron chi connectivity index (χ1n) is 5.07. The molecule has 0 unspecified atom stereocenters. The highest BCUT2D eigenvalue weighted by atomic mass is 35.5. The maximum atomic E-state index is 5.85. The van der Waals surface area contributed by atoms with E-state index in [4.69, 9.17) is 17.3 Å². The van der Waals surface area contributed by atoms with E-state index in [-0.39, 0.29) is 0 Å². The second kappa shape index (κ2) is 4.10. The minimum absolute atomic E-state index is 0.437. The molecule has 86 valence electrons. The van der Waals surface area contributed by atoms with Gasteiger partial charge in [-0.3, -0.25) is 0 Å². The molecule has 0 atom stereocenters. The van der Waals surface area contributed by atoms with E-state index in [0.717, 1.165) is 26.2 Å². The minimum atomic E-state index is 0.437. The van der Waals surface area contributed by atoms with Gasteiger partial charge in [0.25, 0.3) is 0 Å². The Morgan fingerprint density at radius 3 is 2.71 bits per heavy atom. The van der Waals surface area contributed by atoms with E-state index in [1.165, 1.54) is 11.3 Å². The Morgan fingerprint density at radius 1 is 1.29 bits per heavy atom. The van der Waals surface area contributed by atoms with E-state index in [1.807, 2.05) is 30.5 Å². The molecule has 0 saturated heterocycles. The summed E-state index contributed by atoms with van der Waals surface area (Å²) in [6.45, 7) is 0.437. The van der Waals surface area contributed by atoms with Crippen LogP contribution in [0.25, 0.3) is 15.5 Å². The molecule has 0 saturated carbocycles. The topological polar surface area (TPSA) is 56.2 Å². The Hall–Kier alpha value is -1.43. The van der Waals surface area contributed by atoms with E-state index in [2.05, 4.69) is 10.1 Å². The number of aromatic nitrogens is 3. The van der Waals surface area contributed by atoms with Crippen LogP contribution in [-0.2, 0) is 6.54 Å². The van der Waals surface area contributed by atoms with E-state index >= 15 is 0 Å². The highest BCUT2D eigenvalue weighted by Gasteiger charge is 2.08. The first-order chi connectivity index (χ1) is 8.26. The molecule has 2 N–H and O–H groups in total. The van der Waals surface area contributed by atoms with E-state index < -0.39 is 0 Å².